The minimum Gasteiger partial charge on any atom is -0.493 e. The maximum atomic E-state index is 12.5. The van der Waals surface area contributed by atoms with Gasteiger partial charge in [0.2, 0.25) is 5.75 Å². The van der Waals surface area contributed by atoms with Gasteiger partial charge in [0.05, 0.1) is 27.0 Å². The third-order valence-corrected chi connectivity index (χ3v) is 4.06. The SMILES string of the molecule is COc1cc(C(=O)NN=C2C=C(C)CC(C)(C)C2)cc(OC)c1OC. The molecule has 0 radical (unpaired) electrons. The second-order valence-electron chi connectivity index (χ2n) is 6.97. The third-order valence-electron chi connectivity index (χ3n) is 4.06. The van der Waals surface area contributed by atoms with E-state index in [1.165, 1.54) is 26.9 Å². The minimum absolute atomic E-state index is 0.148. The number of hydrogen-bond donors (Lipinski definition) is 1. The largest absolute Gasteiger partial charge is 0.493 e. The van der Waals surface area contributed by atoms with Crippen molar-refractivity contribution in [3.05, 3.63) is 29.3 Å². The fraction of sp³-hybridized carbons (Fsp3) is 0.474. The summed E-state index contributed by atoms with van der Waals surface area (Å²) < 4.78 is 15.8. The number of carbonyl (C=O) groups excluding carboxylic acids is 1. The van der Waals surface area contributed by atoms with Gasteiger partial charge in [0, 0.05) is 5.56 Å². The van der Waals surface area contributed by atoms with E-state index in [1.54, 1.807) is 12.1 Å². The lowest BCUT2D eigenvalue weighted by molar-refractivity contribution is 0.0953. The standard InChI is InChI=1S/C19H26N2O4/c1-12-7-14(11-19(2,3)10-12)20-21-18(22)13-8-15(23-4)17(25-6)16(9-13)24-5/h7-9H,10-11H2,1-6H3,(H,21,22). The molecule has 6 nitrogen and oxygen atoms in total. The van der Waals surface area contributed by atoms with E-state index in [1.807, 2.05) is 6.08 Å². The molecule has 0 saturated carbocycles. The molecule has 0 saturated heterocycles. The molecule has 1 aliphatic rings. The van der Waals surface area contributed by atoms with Crippen molar-refractivity contribution in [3.63, 3.8) is 0 Å². The summed E-state index contributed by atoms with van der Waals surface area (Å²) in [6.45, 7) is 6.47. The van der Waals surface area contributed by atoms with E-state index >= 15 is 0 Å². The first-order chi connectivity index (χ1) is 11.8. The number of nitrogens with one attached hydrogen (secondary N) is 1. The summed E-state index contributed by atoms with van der Waals surface area (Å²) in [7, 11) is 4.54. The molecule has 1 amide bonds. The zero-order valence-corrected chi connectivity index (χ0v) is 15.7. The van der Waals surface area contributed by atoms with Crippen LogP contribution in [0.5, 0.6) is 17.2 Å². The number of benzene rings is 1. The summed E-state index contributed by atoms with van der Waals surface area (Å²) in [6.07, 6.45) is 3.88. The Labute approximate surface area is 148 Å². The molecule has 2 rings (SSSR count). The molecule has 0 heterocycles. The van der Waals surface area contributed by atoms with Crippen LogP contribution in [0.3, 0.4) is 0 Å². The van der Waals surface area contributed by atoms with Gasteiger partial charge in [-0.25, -0.2) is 5.43 Å². The first kappa shape index (κ1) is 18.8. The molecule has 25 heavy (non-hydrogen) atoms. The first-order valence-corrected chi connectivity index (χ1v) is 8.13. The van der Waals surface area contributed by atoms with E-state index in [-0.39, 0.29) is 11.3 Å². The van der Waals surface area contributed by atoms with Gasteiger partial charge < -0.3 is 14.2 Å². The summed E-state index contributed by atoms with van der Waals surface area (Å²) >= 11 is 0. The zero-order chi connectivity index (χ0) is 18.6. The molecule has 1 aromatic carbocycles. The molecule has 1 aliphatic carbocycles. The molecular weight excluding hydrogens is 320 g/mol. The predicted molar refractivity (Wildman–Crippen MR) is 97.8 cm³/mol. The Morgan fingerprint density at radius 2 is 1.68 bits per heavy atom. The van der Waals surface area contributed by atoms with Crippen LogP contribution in [0.4, 0.5) is 0 Å². The van der Waals surface area contributed by atoms with Gasteiger partial charge in [0.25, 0.3) is 5.91 Å². The lowest BCUT2D eigenvalue weighted by Crippen LogP contribution is -2.25. The van der Waals surface area contributed by atoms with Crippen molar-refractivity contribution in [2.45, 2.75) is 33.6 Å². The van der Waals surface area contributed by atoms with Gasteiger partial charge in [-0.2, -0.15) is 5.10 Å². The van der Waals surface area contributed by atoms with Gasteiger partial charge >= 0.3 is 0 Å². The van der Waals surface area contributed by atoms with Crippen LogP contribution in [0.2, 0.25) is 0 Å². The summed E-state index contributed by atoms with van der Waals surface area (Å²) in [6, 6.07) is 3.20. The zero-order valence-electron chi connectivity index (χ0n) is 15.7. The second-order valence-corrected chi connectivity index (χ2v) is 6.97. The average Bonchev–Trinajstić information content (AvgIpc) is 2.56. The van der Waals surface area contributed by atoms with Gasteiger partial charge in [-0.1, -0.05) is 19.4 Å². The normalized spacial score (nSPS) is 17.7. The summed E-state index contributed by atoms with van der Waals surface area (Å²) in [5, 5.41) is 4.29. The molecular formula is C19H26N2O4. The van der Waals surface area contributed by atoms with E-state index in [9.17, 15) is 4.79 Å². The van der Waals surface area contributed by atoms with Crippen LogP contribution in [0.25, 0.3) is 0 Å². The molecule has 136 valence electrons. The Balaban J connectivity index is 2.24. The van der Waals surface area contributed by atoms with Crippen molar-refractivity contribution in [3.8, 4) is 17.2 Å². The predicted octanol–water partition coefficient (Wildman–Crippen LogP) is 3.56. The van der Waals surface area contributed by atoms with Crippen LogP contribution in [0.15, 0.2) is 28.9 Å². The smallest absolute Gasteiger partial charge is 0.271 e. The van der Waals surface area contributed by atoms with Gasteiger partial charge in [-0.15, -0.1) is 0 Å². The van der Waals surface area contributed by atoms with Crippen molar-refractivity contribution in [2.75, 3.05) is 21.3 Å². The summed E-state index contributed by atoms with van der Waals surface area (Å²) in [5.41, 5.74) is 5.28. The summed E-state index contributed by atoms with van der Waals surface area (Å²) in [4.78, 5) is 12.5. The fourth-order valence-electron chi connectivity index (χ4n) is 3.17. The van der Waals surface area contributed by atoms with E-state index in [0.29, 0.717) is 22.8 Å². The number of hydrazone groups is 1. The fourth-order valence-corrected chi connectivity index (χ4v) is 3.17. The molecule has 0 unspecified atom stereocenters. The van der Waals surface area contributed by atoms with Crippen LogP contribution in [0, 0.1) is 5.41 Å². The van der Waals surface area contributed by atoms with E-state index in [2.05, 4.69) is 31.3 Å². The van der Waals surface area contributed by atoms with E-state index < -0.39 is 0 Å². The molecule has 0 fully saturated rings. The topological polar surface area (TPSA) is 69.2 Å². The number of hydrogen-bond acceptors (Lipinski definition) is 5. The Hall–Kier alpha value is -2.50. The van der Waals surface area contributed by atoms with Crippen LogP contribution < -0.4 is 19.6 Å². The second kappa shape index (κ2) is 7.59. The van der Waals surface area contributed by atoms with Crippen LogP contribution in [-0.4, -0.2) is 32.9 Å². The van der Waals surface area contributed by atoms with Crippen LogP contribution in [0.1, 0.15) is 44.0 Å². The highest BCUT2D eigenvalue weighted by atomic mass is 16.5. The van der Waals surface area contributed by atoms with Crippen molar-refractivity contribution in [2.24, 2.45) is 10.5 Å². The molecule has 6 heteroatoms. The molecule has 0 spiro atoms. The summed E-state index contributed by atoms with van der Waals surface area (Å²) in [5.74, 6) is 0.963. The van der Waals surface area contributed by atoms with E-state index in [4.69, 9.17) is 14.2 Å². The Morgan fingerprint density at radius 3 is 2.16 bits per heavy atom. The number of carbonyl (C=O) groups is 1. The Bertz CT molecular complexity index is 695. The Kier molecular flexibility index (Phi) is 5.72. The number of amides is 1. The number of ether oxygens (including phenoxy) is 3. The molecule has 0 bridgehead atoms. The van der Waals surface area contributed by atoms with Crippen molar-refractivity contribution < 1.29 is 19.0 Å². The van der Waals surface area contributed by atoms with Crippen LogP contribution in [-0.2, 0) is 0 Å². The first-order valence-electron chi connectivity index (χ1n) is 8.13. The number of allylic oxidation sites excluding steroid dienone is 2. The molecule has 1 N–H and O–H groups in total. The monoisotopic (exact) mass is 346 g/mol. The minimum atomic E-state index is -0.332. The molecule has 0 aliphatic heterocycles. The van der Waals surface area contributed by atoms with Gasteiger partial charge in [0.1, 0.15) is 0 Å². The third kappa shape index (κ3) is 4.53. The molecule has 0 aromatic heterocycles. The highest BCUT2D eigenvalue weighted by Gasteiger charge is 2.25. The van der Waals surface area contributed by atoms with Gasteiger partial charge in [-0.3, -0.25) is 4.79 Å². The quantitative estimate of drug-likeness (QED) is 0.828. The van der Waals surface area contributed by atoms with Crippen LogP contribution >= 0.6 is 0 Å². The lowest BCUT2D eigenvalue weighted by Gasteiger charge is -2.29. The maximum absolute atomic E-state index is 12.5. The van der Waals surface area contributed by atoms with Crippen molar-refractivity contribution >= 4 is 11.6 Å². The maximum Gasteiger partial charge on any atom is 0.271 e. The molecule has 1 aromatic rings. The molecule has 0 atom stereocenters. The van der Waals surface area contributed by atoms with Crippen molar-refractivity contribution in [1.82, 2.24) is 5.43 Å². The highest BCUT2D eigenvalue weighted by molar-refractivity contribution is 6.00. The number of rotatable bonds is 5. The highest BCUT2D eigenvalue weighted by Crippen LogP contribution is 2.38. The van der Waals surface area contributed by atoms with Gasteiger partial charge in [0.15, 0.2) is 11.5 Å². The number of methoxy groups -OCH3 is 3. The Morgan fingerprint density at radius 1 is 1.08 bits per heavy atom. The van der Waals surface area contributed by atoms with E-state index in [0.717, 1.165) is 18.6 Å². The lowest BCUT2D eigenvalue weighted by atomic mass is 9.77. The number of nitrogens with zero attached hydrogens (tertiary/aromatic N) is 1. The van der Waals surface area contributed by atoms with Gasteiger partial charge in [-0.05, 0) is 43.4 Å². The van der Waals surface area contributed by atoms with Crippen molar-refractivity contribution in [1.29, 1.82) is 0 Å². The average molecular weight is 346 g/mol.